The predicted octanol–water partition coefficient (Wildman–Crippen LogP) is 2.63. The second-order valence-corrected chi connectivity index (χ2v) is 2.71. The highest BCUT2D eigenvalue weighted by atomic mass is 16.4. The number of carbonyl (C=O) groups is 2. The average molecular weight is 221 g/mol. The fourth-order valence-corrected chi connectivity index (χ4v) is 0.865. The molecule has 0 heterocycles. The van der Waals surface area contributed by atoms with Crippen LogP contribution in [0.5, 0.6) is 0 Å². The molecule has 1 N–H and O–H groups in total. The number of hydrogen-bond acceptors (Lipinski definition) is 2. The minimum atomic E-state index is -0.923. The Balaban J connectivity index is -0.000000202. The van der Waals surface area contributed by atoms with E-state index in [1.807, 2.05) is 6.92 Å². The molecular weight excluding hydrogens is 194 g/mol. The zero-order chi connectivity index (χ0) is 9.56. The van der Waals surface area contributed by atoms with Gasteiger partial charge in [-0.1, -0.05) is 29.2 Å². The number of carbonyl (C=O) groups excluding carboxylic acids is 1. The molecule has 0 aliphatic rings. The standard InChI is InChI=1S/C8H15NO3.3CH4/c1-3-6-9(2)7(10)4-5-8(11)12;;;/h3-6H2,1-2H3,(H,11,12);3*1H4. The van der Waals surface area contributed by atoms with Crippen LogP contribution in [0.4, 0.5) is 0 Å². The Morgan fingerprint density at radius 3 is 1.93 bits per heavy atom. The summed E-state index contributed by atoms with van der Waals surface area (Å²) in [7, 11) is 1.69. The highest BCUT2D eigenvalue weighted by Crippen LogP contribution is 1.96. The minimum absolute atomic E-state index is 0. The molecule has 0 atom stereocenters. The Kier molecular flexibility index (Phi) is 20.4. The Bertz CT molecular complexity index is 169. The normalized spacial score (nSPS) is 7.60. The maximum Gasteiger partial charge on any atom is 0.303 e. The molecule has 0 saturated heterocycles. The molecule has 0 aromatic heterocycles. The van der Waals surface area contributed by atoms with Crippen LogP contribution >= 0.6 is 0 Å². The highest BCUT2D eigenvalue weighted by Gasteiger charge is 2.08. The van der Waals surface area contributed by atoms with E-state index >= 15 is 0 Å². The van der Waals surface area contributed by atoms with E-state index in [0.29, 0.717) is 6.54 Å². The largest absolute Gasteiger partial charge is 0.481 e. The quantitative estimate of drug-likeness (QED) is 0.776. The number of rotatable bonds is 5. The van der Waals surface area contributed by atoms with Crippen LogP contribution in [0.3, 0.4) is 0 Å². The van der Waals surface area contributed by atoms with Crippen LogP contribution < -0.4 is 0 Å². The zero-order valence-electron chi connectivity index (χ0n) is 7.54. The topological polar surface area (TPSA) is 57.6 Å². The Morgan fingerprint density at radius 1 is 1.13 bits per heavy atom. The van der Waals surface area contributed by atoms with Crippen molar-refractivity contribution in [1.82, 2.24) is 4.90 Å². The van der Waals surface area contributed by atoms with E-state index in [0.717, 1.165) is 6.42 Å². The van der Waals surface area contributed by atoms with Crippen LogP contribution in [0.25, 0.3) is 0 Å². The Morgan fingerprint density at radius 2 is 1.60 bits per heavy atom. The predicted molar refractivity (Wildman–Crippen MR) is 65.0 cm³/mol. The van der Waals surface area contributed by atoms with Crippen molar-refractivity contribution in [2.75, 3.05) is 13.6 Å². The molecule has 0 aromatic rings. The smallest absolute Gasteiger partial charge is 0.303 e. The SMILES string of the molecule is C.C.C.CCCN(C)C(=O)CCC(=O)O. The molecule has 0 aromatic carbocycles. The number of amides is 1. The van der Waals surface area contributed by atoms with Crippen molar-refractivity contribution in [3.05, 3.63) is 0 Å². The van der Waals surface area contributed by atoms with Crippen LogP contribution in [0, 0.1) is 0 Å². The molecule has 0 radical (unpaired) electrons. The first kappa shape index (κ1) is 23.6. The van der Waals surface area contributed by atoms with E-state index in [9.17, 15) is 9.59 Å². The summed E-state index contributed by atoms with van der Waals surface area (Å²) < 4.78 is 0. The van der Waals surface area contributed by atoms with E-state index in [-0.39, 0.29) is 41.0 Å². The molecule has 0 aliphatic carbocycles. The molecule has 15 heavy (non-hydrogen) atoms. The van der Waals surface area contributed by atoms with Gasteiger partial charge in [-0.3, -0.25) is 9.59 Å². The molecule has 0 rings (SSSR count). The van der Waals surface area contributed by atoms with Gasteiger partial charge < -0.3 is 10.0 Å². The highest BCUT2D eigenvalue weighted by molar-refractivity contribution is 5.80. The van der Waals surface area contributed by atoms with Crippen molar-refractivity contribution in [2.24, 2.45) is 0 Å². The van der Waals surface area contributed by atoms with Crippen LogP contribution in [0.1, 0.15) is 48.5 Å². The summed E-state index contributed by atoms with van der Waals surface area (Å²) in [6, 6.07) is 0. The number of aliphatic carboxylic acids is 1. The molecule has 0 unspecified atom stereocenters. The van der Waals surface area contributed by atoms with Gasteiger partial charge in [0, 0.05) is 20.0 Å². The minimum Gasteiger partial charge on any atom is -0.481 e. The van der Waals surface area contributed by atoms with Gasteiger partial charge >= 0.3 is 5.97 Å². The number of carboxylic acids is 1. The summed E-state index contributed by atoms with van der Waals surface area (Å²) >= 11 is 0. The first-order valence-corrected chi connectivity index (χ1v) is 4.03. The molecule has 1 amide bonds. The lowest BCUT2D eigenvalue weighted by atomic mass is 10.3. The summed E-state index contributed by atoms with van der Waals surface area (Å²) in [6.45, 7) is 2.67. The van der Waals surface area contributed by atoms with Crippen molar-refractivity contribution in [2.45, 2.75) is 48.5 Å². The Labute approximate surface area is 94.3 Å². The first-order chi connectivity index (χ1) is 5.57. The van der Waals surface area contributed by atoms with Gasteiger partial charge in [0.05, 0.1) is 6.42 Å². The third-order valence-electron chi connectivity index (χ3n) is 1.54. The first-order valence-electron chi connectivity index (χ1n) is 4.03. The third-order valence-corrected chi connectivity index (χ3v) is 1.54. The van der Waals surface area contributed by atoms with Crippen LogP contribution in [0.2, 0.25) is 0 Å². The second kappa shape index (κ2) is 12.9. The summed E-state index contributed by atoms with van der Waals surface area (Å²) in [5, 5.41) is 8.30. The van der Waals surface area contributed by atoms with E-state index in [4.69, 9.17) is 5.11 Å². The lowest BCUT2D eigenvalue weighted by Crippen LogP contribution is -2.27. The number of carboxylic acid groups (broad SMARTS) is 1. The molecule has 4 nitrogen and oxygen atoms in total. The van der Waals surface area contributed by atoms with Crippen molar-refractivity contribution < 1.29 is 14.7 Å². The van der Waals surface area contributed by atoms with Crippen molar-refractivity contribution in [1.29, 1.82) is 0 Å². The lowest BCUT2D eigenvalue weighted by molar-refractivity contribution is -0.140. The molecule has 0 spiro atoms. The second-order valence-electron chi connectivity index (χ2n) is 2.71. The summed E-state index contributed by atoms with van der Waals surface area (Å²) in [4.78, 5) is 22.8. The summed E-state index contributed by atoms with van der Waals surface area (Å²) in [5.41, 5.74) is 0. The maximum absolute atomic E-state index is 11.1. The van der Waals surface area contributed by atoms with Gasteiger partial charge in [-0.05, 0) is 6.42 Å². The molecule has 94 valence electrons. The van der Waals surface area contributed by atoms with E-state index < -0.39 is 5.97 Å². The summed E-state index contributed by atoms with van der Waals surface area (Å²) in [5.74, 6) is -1.02. The van der Waals surface area contributed by atoms with Gasteiger partial charge in [-0.15, -0.1) is 0 Å². The van der Waals surface area contributed by atoms with Crippen molar-refractivity contribution >= 4 is 11.9 Å². The number of nitrogens with zero attached hydrogens (tertiary/aromatic N) is 1. The van der Waals surface area contributed by atoms with E-state index in [1.165, 1.54) is 0 Å². The van der Waals surface area contributed by atoms with Gasteiger partial charge in [0.1, 0.15) is 0 Å². The molecule has 0 fully saturated rings. The third kappa shape index (κ3) is 12.9. The van der Waals surface area contributed by atoms with E-state index in [2.05, 4.69) is 0 Å². The van der Waals surface area contributed by atoms with Crippen LogP contribution in [0.15, 0.2) is 0 Å². The summed E-state index contributed by atoms with van der Waals surface area (Å²) in [6.07, 6.45) is 0.925. The van der Waals surface area contributed by atoms with Gasteiger partial charge in [0.2, 0.25) is 5.91 Å². The maximum atomic E-state index is 11.1. The molecule has 0 aliphatic heterocycles. The number of hydrogen-bond donors (Lipinski definition) is 1. The lowest BCUT2D eigenvalue weighted by Gasteiger charge is -2.14. The van der Waals surface area contributed by atoms with Crippen molar-refractivity contribution in [3.8, 4) is 0 Å². The van der Waals surface area contributed by atoms with Crippen LogP contribution in [-0.4, -0.2) is 35.5 Å². The fourth-order valence-electron chi connectivity index (χ4n) is 0.865. The monoisotopic (exact) mass is 221 g/mol. The van der Waals surface area contributed by atoms with E-state index in [1.54, 1.807) is 11.9 Å². The van der Waals surface area contributed by atoms with Gasteiger partial charge in [-0.2, -0.15) is 0 Å². The fraction of sp³-hybridized carbons (Fsp3) is 0.818. The van der Waals surface area contributed by atoms with Crippen molar-refractivity contribution in [3.63, 3.8) is 0 Å². The average Bonchev–Trinajstić information content (AvgIpc) is 2.00. The van der Waals surface area contributed by atoms with Gasteiger partial charge in [0.25, 0.3) is 0 Å². The Hall–Kier alpha value is -1.06. The van der Waals surface area contributed by atoms with Gasteiger partial charge in [0.15, 0.2) is 0 Å². The molecule has 0 saturated carbocycles. The molecule has 0 bridgehead atoms. The molecular formula is C11H27NO3. The zero-order valence-corrected chi connectivity index (χ0v) is 7.54. The molecule has 4 heteroatoms. The van der Waals surface area contributed by atoms with Crippen LogP contribution in [-0.2, 0) is 9.59 Å². The van der Waals surface area contributed by atoms with Gasteiger partial charge in [-0.25, -0.2) is 0 Å².